The van der Waals surface area contributed by atoms with Gasteiger partial charge in [0.15, 0.2) is 0 Å². The van der Waals surface area contributed by atoms with Crippen molar-refractivity contribution in [3.63, 3.8) is 0 Å². The summed E-state index contributed by atoms with van der Waals surface area (Å²) >= 11 is 0. The molecule has 0 amide bonds. The van der Waals surface area contributed by atoms with Crippen molar-refractivity contribution in [2.75, 3.05) is 13.1 Å². The largest absolute Gasteiger partial charge is 0.481 e. The average Bonchev–Trinajstić information content (AvgIpc) is 2.21. The predicted octanol–water partition coefficient (Wildman–Crippen LogP) is 0.145. The van der Waals surface area contributed by atoms with Gasteiger partial charge in [-0.15, -0.1) is 0 Å². The molecule has 0 aromatic heterocycles. The molecule has 0 saturated carbocycles. The van der Waals surface area contributed by atoms with E-state index in [2.05, 4.69) is 21.9 Å². The summed E-state index contributed by atoms with van der Waals surface area (Å²) in [5.74, 6) is -0.399. The van der Waals surface area contributed by atoms with Gasteiger partial charge in [0.05, 0.1) is 0 Å². The first-order chi connectivity index (χ1) is 7.79. The molecule has 1 unspecified atom stereocenters. The van der Waals surface area contributed by atoms with Crippen LogP contribution in [0.1, 0.15) is 38.5 Å². The van der Waals surface area contributed by atoms with Crippen molar-refractivity contribution in [3.05, 3.63) is 0 Å². The lowest BCUT2D eigenvalue weighted by atomic mass is 9.94. The quantitative estimate of drug-likeness (QED) is 0.464. The minimum Gasteiger partial charge on any atom is -0.481 e. The van der Waals surface area contributed by atoms with E-state index in [0.29, 0.717) is 5.92 Å². The summed E-state index contributed by atoms with van der Waals surface area (Å²) in [6.07, 6.45) is 5.56. The van der Waals surface area contributed by atoms with Gasteiger partial charge in [0, 0.05) is 19.5 Å². The molecule has 0 radical (unpaired) electrons. The Morgan fingerprint density at radius 1 is 1.06 bits per heavy atom. The van der Waals surface area contributed by atoms with Crippen LogP contribution in [0.5, 0.6) is 0 Å². The highest BCUT2D eigenvalue weighted by Gasteiger charge is 2.12. The zero-order valence-corrected chi connectivity index (χ0v) is 9.59. The number of nitrogens with one attached hydrogen (secondary N) is 4. The smallest absolute Gasteiger partial charge is 0.303 e. The Hall–Kier alpha value is -0.690. The van der Waals surface area contributed by atoms with Gasteiger partial charge in [-0.25, -0.2) is 10.9 Å². The maximum atomic E-state index is 10.7. The van der Waals surface area contributed by atoms with Gasteiger partial charge in [-0.05, 0) is 25.2 Å². The maximum Gasteiger partial charge on any atom is 0.303 e. The van der Waals surface area contributed by atoms with Gasteiger partial charge < -0.3 is 5.11 Å². The van der Waals surface area contributed by atoms with E-state index in [9.17, 15) is 4.79 Å². The molecule has 1 rings (SSSR count). The van der Waals surface area contributed by atoms with Gasteiger partial charge in [-0.1, -0.05) is 12.8 Å². The molecule has 1 fully saturated rings. The van der Waals surface area contributed by atoms with E-state index < -0.39 is 5.97 Å². The number of hydrogen-bond donors (Lipinski definition) is 5. The lowest BCUT2D eigenvalue weighted by Gasteiger charge is -2.17. The third-order valence-corrected chi connectivity index (χ3v) is 2.79. The second kappa shape index (κ2) is 8.46. The van der Waals surface area contributed by atoms with Crippen LogP contribution in [0.25, 0.3) is 0 Å². The first-order valence-corrected chi connectivity index (χ1v) is 5.96. The lowest BCUT2D eigenvalue weighted by Crippen LogP contribution is -2.51. The number of carbonyl (C=O) groups is 1. The van der Waals surface area contributed by atoms with E-state index in [1.165, 1.54) is 0 Å². The number of hydrazine groups is 3. The van der Waals surface area contributed by atoms with Gasteiger partial charge in [-0.3, -0.25) is 4.79 Å². The molecule has 1 atom stereocenters. The summed E-state index contributed by atoms with van der Waals surface area (Å²) in [7, 11) is 0. The van der Waals surface area contributed by atoms with E-state index in [0.717, 1.165) is 45.2 Å². The van der Waals surface area contributed by atoms with Crippen LogP contribution in [-0.4, -0.2) is 24.2 Å². The molecular formula is C10H22N4O2. The minimum atomic E-state index is -0.690. The van der Waals surface area contributed by atoms with Crippen LogP contribution in [0, 0.1) is 5.92 Å². The van der Waals surface area contributed by atoms with Crippen molar-refractivity contribution in [1.29, 1.82) is 0 Å². The number of carboxylic acid groups (broad SMARTS) is 1. The van der Waals surface area contributed by atoms with Crippen molar-refractivity contribution in [1.82, 2.24) is 21.9 Å². The molecular weight excluding hydrogens is 208 g/mol. The van der Waals surface area contributed by atoms with E-state index in [1.807, 2.05) is 0 Å². The Labute approximate surface area is 96.1 Å². The Morgan fingerprint density at radius 3 is 2.56 bits per heavy atom. The summed E-state index contributed by atoms with van der Waals surface area (Å²) in [4.78, 5) is 10.7. The fourth-order valence-electron chi connectivity index (χ4n) is 1.91. The number of rotatable bonds is 2. The van der Waals surface area contributed by atoms with E-state index in [-0.39, 0.29) is 6.42 Å². The Kier molecular flexibility index (Phi) is 7.07. The molecule has 0 spiro atoms. The van der Waals surface area contributed by atoms with Crippen LogP contribution < -0.4 is 21.9 Å². The van der Waals surface area contributed by atoms with Gasteiger partial charge in [0.25, 0.3) is 0 Å². The molecule has 16 heavy (non-hydrogen) atoms. The average molecular weight is 230 g/mol. The summed E-state index contributed by atoms with van der Waals surface area (Å²) in [5, 5.41) is 8.80. The lowest BCUT2D eigenvalue weighted by molar-refractivity contribution is -0.138. The molecule has 94 valence electrons. The molecule has 6 nitrogen and oxygen atoms in total. The van der Waals surface area contributed by atoms with Crippen LogP contribution in [0.3, 0.4) is 0 Å². The molecule has 5 N–H and O–H groups in total. The normalized spacial score (nSPS) is 25.4. The van der Waals surface area contributed by atoms with Gasteiger partial charge in [0.1, 0.15) is 0 Å². The highest BCUT2D eigenvalue weighted by Crippen LogP contribution is 2.17. The van der Waals surface area contributed by atoms with Crippen LogP contribution in [0.15, 0.2) is 0 Å². The summed E-state index contributed by atoms with van der Waals surface area (Å²) in [6.45, 7) is 1.69. The van der Waals surface area contributed by atoms with Crippen LogP contribution in [0.2, 0.25) is 0 Å². The molecule has 0 bridgehead atoms. The highest BCUT2D eigenvalue weighted by molar-refractivity contribution is 5.66. The van der Waals surface area contributed by atoms with Crippen LogP contribution in [-0.2, 0) is 4.79 Å². The molecule has 1 saturated heterocycles. The molecule has 0 aromatic carbocycles. The zero-order chi connectivity index (χ0) is 11.6. The maximum absolute atomic E-state index is 10.7. The molecule has 0 aromatic rings. The predicted molar refractivity (Wildman–Crippen MR) is 61.1 cm³/mol. The highest BCUT2D eigenvalue weighted by atomic mass is 16.4. The van der Waals surface area contributed by atoms with Gasteiger partial charge in [-0.2, -0.15) is 11.1 Å². The first-order valence-electron chi connectivity index (χ1n) is 5.96. The van der Waals surface area contributed by atoms with Crippen molar-refractivity contribution < 1.29 is 9.90 Å². The molecule has 0 aliphatic carbocycles. The minimum absolute atomic E-state index is 0.285. The van der Waals surface area contributed by atoms with Crippen molar-refractivity contribution in [3.8, 4) is 0 Å². The third kappa shape index (κ3) is 6.73. The Morgan fingerprint density at radius 2 is 1.81 bits per heavy atom. The van der Waals surface area contributed by atoms with Gasteiger partial charge >= 0.3 is 5.97 Å². The van der Waals surface area contributed by atoms with E-state index >= 15 is 0 Å². The van der Waals surface area contributed by atoms with Crippen molar-refractivity contribution in [2.45, 2.75) is 38.5 Å². The monoisotopic (exact) mass is 230 g/mol. The van der Waals surface area contributed by atoms with Crippen LogP contribution in [0.4, 0.5) is 0 Å². The molecule has 6 heteroatoms. The summed E-state index contributed by atoms with van der Waals surface area (Å²) in [6, 6.07) is 0. The number of hydrogen-bond acceptors (Lipinski definition) is 5. The topological polar surface area (TPSA) is 85.4 Å². The number of carboxylic acids is 1. The summed E-state index contributed by atoms with van der Waals surface area (Å²) in [5.41, 5.74) is 11.7. The summed E-state index contributed by atoms with van der Waals surface area (Å²) < 4.78 is 0. The van der Waals surface area contributed by atoms with Crippen molar-refractivity contribution in [2.24, 2.45) is 5.92 Å². The third-order valence-electron chi connectivity index (χ3n) is 2.79. The SMILES string of the molecule is O=C(O)CC1CCCCCNNNNCC1. The Balaban J connectivity index is 2.27. The molecule has 1 aliphatic heterocycles. The Bertz CT molecular complexity index is 189. The first kappa shape index (κ1) is 13.4. The second-order valence-electron chi connectivity index (χ2n) is 4.21. The second-order valence-corrected chi connectivity index (χ2v) is 4.21. The molecule has 1 heterocycles. The van der Waals surface area contributed by atoms with E-state index in [4.69, 9.17) is 5.11 Å². The van der Waals surface area contributed by atoms with Crippen molar-refractivity contribution >= 4 is 5.97 Å². The molecule has 1 aliphatic rings. The zero-order valence-electron chi connectivity index (χ0n) is 9.59. The van der Waals surface area contributed by atoms with Gasteiger partial charge in [0.2, 0.25) is 0 Å². The van der Waals surface area contributed by atoms with Crippen LogP contribution >= 0.6 is 0 Å². The standard InChI is InChI=1S/C10H22N4O2/c15-10(16)8-9-4-2-1-3-6-11-13-14-12-7-5-9/h9,11-14H,1-8H2,(H,15,16). The van der Waals surface area contributed by atoms with E-state index in [1.54, 1.807) is 0 Å². The fraction of sp³-hybridized carbons (Fsp3) is 0.900. The fourth-order valence-corrected chi connectivity index (χ4v) is 1.91. The number of aliphatic carboxylic acids is 1.